The predicted molar refractivity (Wildman–Crippen MR) is 62.8 cm³/mol. The van der Waals surface area contributed by atoms with Crippen LogP contribution in [0.2, 0.25) is 0 Å². The van der Waals surface area contributed by atoms with Crippen LogP contribution in [0.15, 0.2) is 0 Å². The molecular weight excluding hydrogens is 282 g/mol. The van der Waals surface area contributed by atoms with Crippen molar-refractivity contribution in [2.24, 2.45) is 5.92 Å². The van der Waals surface area contributed by atoms with E-state index in [0.29, 0.717) is 5.92 Å². The molecular formula is C9H16BrNO3S. The van der Waals surface area contributed by atoms with Crippen molar-refractivity contribution < 1.29 is 13.2 Å². The maximum Gasteiger partial charge on any atom is 0.235 e. The van der Waals surface area contributed by atoms with Gasteiger partial charge in [-0.05, 0) is 18.8 Å². The van der Waals surface area contributed by atoms with Gasteiger partial charge in [0.1, 0.15) is 5.75 Å². The maximum atomic E-state index is 11.4. The van der Waals surface area contributed by atoms with Crippen LogP contribution in [0.25, 0.3) is 0 Å². The van der Waals surface area contributed by atoms with Crippen molar-refractivity contribution in [3.8, 4) is 0 Å². The van der Waals surface area contributed by atoms with Crippen LogP contribution in [-0.4, -0.2) is 37.7 Å². The molecule has 0 spiro atoms. The molecule has 2 unspecified atom stereocenters. The Balaban J connectivity index is 2.44. The molecule has 15 heavy (non-hydrogen) atoms. The van der Waals surface area contributed by atoms with Gasteiger partial charge in [-0.25, -0.2) is 8.42 Å². The average molecular weight is 298 g/mol. The Morgan fingerprint density at radius 2 is 2.13 bits per heavy atom. The van der Waals surface area contributed by atoms with Gasteiger partial charge in [0.15, 0.2) is 9.84 Å². The molecule has 1 N–H and O–H groups in total. The van der Waals surface area contributed by atoms with Crippen molar-refractivity contribution in [1.29, 1.82) is 0 Å². The molecule has 0 aromatic rings. The zero-order chi connectivity index (χ0) is 11.5. The van der Waals surface area contributed by atoms with Crippen molar-refractivity contribution in [2.75, 3.05) is 17.3 Å². The maximum absolute atomic E-state index is 11.4. The molecule has 0 heterocycles. The Hall–Kier alpha value is -0.100. The molecule has 0 radical (unpaired) electrons. The van der Waals surface area contributed by atoms with Gasteiger partial charge in [-0.1, -0.05) is 22.4 Å². The van der Waals surface area contributed by atoms with Crippen LogP contribution in [0.1, 0.15) is 19.3 Å². The van der Waals surface area contributed by atoms with Crippen LogP contribution in [0.3, 0.4) is 0 Å². The van der Waals surface area contributed by atoms with E-state index >= 15 is 0 Å². The number of amides is 1. The standard InChI is InChI=1S/C9H16BrNO3S/c1-15(13,14)6-9(12)11-8-4-2-3-7(8)5-10/h7-8H,2-6H2,1H3,(H,11,12). The third-order valence-corrected chi connectivity index (χ3v) is 4.22. The minimum absolute atomic E-state index is 0.138. The van der Waals surface area contributed by atoms with Gasteiger partial charge in [0.2, 0.25) is 5.91 Å². The van der Waals surface area contributed by atoms with Crippen LogP contribution in [0.4, 0.5) is 0 Å². The largest absolute Gasteiger partial charge is 0.352 e. The highest BCUT2D eigenvalue weighted by molar-refractivity contribution is 9.09. The second-order valence-corrected chi connectivity index (χ2v) is 6.88. The summed E-state index contributed by atoms with van der Waals surface area (Å²) in [4.78, 5) is 11.4. The van der Waals surface area contributed by atoms with E-state index < -0.39 is 15.6 Å². The Labute approximate surface area is 98.9 Å². The van der Waals surface area contributed by atoms with Gasteiger partial charge in [0, 0.05) is 17.6 Å². The van der Waals surface area contributed by atoms with Crippen LogP contribution in [0, 0.1) is 5.92 Å². The van der Waals surface area contributed by atoms with E-state index in [1.54, 1.807) is 0 Å². The van der Waals surface area contributed by atoms with Gasteiger partial charge in [-0.3, -0.25) is 4.79 Å². The summed E-state index contributed by atoms with van der Waals surface area (Å²) in [6.07, 6.45) is 4.21. The van der Waals surface area contributed by atoms with Crippen LogP contribution in [-0.2, 0) is 14.6 Å². The minimum Gasteiger partial charge on any atom is -0.352 e. The number of rotatable bonds is 4. The summed E-state index contributed by atoms with van der Waals surface area (Å²) in [6.45, 7) is 0. The summed E-state index contributed by atoms with van der Waals surface area (Å²) in [5.74, 6) is -0.345. The summed E-state index contributed by atoms with van der Waals surface area (Å²) in [6, 6.07) is 0.138. The Bertz CT molecular complexity index is 328. The number of alkyl halides is 1. The van der Waals surface area contributed by atoms with Crippen molar-refractivity contribution in [1.82, 2.24) is 5.32 Å². The summed E-state index contributed by atoms with van der Waals surface area (Å²) in [5, 5.41) is 3.65. The number of halogens is 1. The fraction of sp³-hybridized carbons (Fsp3) is 0.889. The Morgan fingerprint density at radius 1 is 1.47 bits per heavy atom. The fourth-order valence-electron chi connectivity index (χ4n) is 1.90. The van der Waals surface area contributed by atoms with E-state index in [0.717, 1.165) is 30.8 Å². The quantitative estimate of drug-likeness (QED) is 0.778. The van der Waals surface area contributed by atoms with Crippen molar-refractivity contribution in [3.63, 3.8) is 0 Å². The Morgan fingerprint density at radius 3 is 2.67 bits per heavy atom. The zero-order valence-corrected chi connectivity index (χ0v) is 11.1. The summed E-state index contributed by atoms with van der Waals surface area (Å²) >= 11 is 3.40. The topological polar surface area (TPSA) is 63.2 Å². The first kappa shape index (κ1) is 13.0. The van der Waals surface area contributed by atoms with Gasteiger partial charge in [-0.15, -0.1) is 0 Å². The van der Waals surface area contributed by atoms with Crippen LogP contribution in [0.5, 0.6) is 0 Å². The smallest absolute Gasteiger partial charge is 0.235 e. The lowest BCUT2D eigenvalue weighted by molar-refractivity contribution is -0.119. The van der Waals surface area contributed by atoms with E-state index in [-0.39, 0.29) is 11.9 Å². The third-order valence-electron chi connectivity index (χ3n) is 2.60. The predicted octanol–water partition coefficient (Wildman–Crippen LogP) is 0.711. The highest BCUT2D eigenvalue weighted by Crippen LogP contribution is 2.26. The lowest BCUT2D eigenvalue weighted by atomic mass is 10.1. The first-order chi connectivity index (χ1) is 6.92. The van der Waals surface area contributed by atoms with Crippen molar-refractivity contribution >= 4 is 31.7 Å². The number of hydrogen-bond acceptors (Lipinski definition) is 3. The highest BCUT2D eigenvalue weighted by Gasteiger charge is 2.28. The molecule has 0 aromatic heterocycles. The molecule has 0 saturated heterocycles. The molecule has 4 nitrogen and oxygen atoms in total. The first-order valence-corrected chi connectivity index (χ1v) is 8.13. The SMILES string of the molecule is CS(=O)(=O)CC(=O)NC1CCCC1CBr. The number of carbonyl (C=O) groups is 1. The molecule has 1 rings (SSSR count). The van der Waals surface area contributed by atoms with E-state index in [2.05, 4.69) is 21.2 Å². The zero-order valence-electron chi connectivity index (χ0n) is 8.70. The molecule has 0 aromatic carbocycles. The van der Waals surface area contributed by atoms with Crippen LogP contribution < -0.4 is 5.32 Å². The number of sulfone groups is 1. The first-order valence-electron chi connectivity index (χ1n) is 4.95. The second-order valence-electron chi connectivity index (χ2n) is 4.09. The van der Waals surface area contributed by atoms with Gasteiger partial charge in [0.25, 0.3) is 0 Å². The lowest BCUT2D eigenvalue weighted by Gasteiger charge is -2.18. The molecule has 88 valence electrons. The molecule has 6 heteroatoms. The van der Waals surface area contributed by atoms with Gasteiger partial charge >= 0.3 is 0 Å². The molecule has 0 bridgehead atoms. The molecule has 1 amide bonds. The van der Waals surface area contributed by atoms with Crippen molar-refractivity contribution in [2.45, 2.75) is 25.3 Å². The molecule has 1 fully saturated rings. The second kappa shape index (κ2) is 5.30. The molecule has 1 saturated carbocycles. The van der Waals surface area contributed by atoms with E-state index in [1.807, 2.05) is 0 Å². The van der Waals surface area contributed by atoms with Crippen LogP contribution >= 0.6 is 15.9 Å². The van der Waals surface area contributed by atoms with E-state index in [9.17, 15) is 13.2 Å². The van der Waals surface area contributed by atoms with E-state index in [1.165, 1.54) is 0 Å². The molecule has 1 aliphatic rings. The third kappa shape index (κ3) is 4.51. The summed E-state index contributed by atoms with van der Waals surface area (Å²) in [7, 11) is -3.21. The number of carbonyl (C=O) groups excluding carboxylic acids is 1. The van der Waals surface area contributed by atoms with Gasteiger partial charge in [-0.2, -0.15) is 0 Å². The number of hydrogen-bond donors (Lipinski definition) is 1. The van der Waals surface area contributed by atoms with Gasteiger partial charge in [0.05, 0.1) is 0 Å². The van der Waals surface area contributed by atoms with Gasteiger partial charge < -0.3 is 5.32 Å². The van der Waals surface area contributed by atoms with Crippen molar-refractivity contribution in [3.05, 3.63) is 0 Å². The fourth-order valence-corrected chi connectivity index (χ4v) is 3.23. The summed E-state index contributed by atoms with van der Waals surface area (Å²) in [5.41, 5.74) is 0. The Kier molecular flexibility index (Phi) is 4.58. The summed E-state index contributed by atoms with van der Waals surface area (Å²) < 4.78 is 21.8. The molecule has 2 atom stereocenters. The lowest BCUT2D eigenvalue weighted by Crippen LogP contribution is -2.40. The number of nitrogens with one attached hydrogen (secondary N) is 1. The normalized spacial score (nSPS) is 26.5. The monoisotopic (exact) mass is 297 g/mol. The highest BCUT2D eigenvalue weighted by atomic mass is 79.9. The van der Waals surface area contributed by atoms with E-state index in [4.69, 9.17) is 0 Å². The molecule has 0 aliphatic heterocycles. The molecule has 1 aliphatic carbocycles. The average Bonchev–Trinajstić information content (AvgIpc) is 2.48. The minimum atomic E-state index is -3.21.